The summed E-state index contributed by atoms with van der Waals surface area (Å²) in [6.45, 7) is 1.58. The van der Waals surface area contributed by atoms with Gasteiger partial charge in [-0.3, -0.25) is 19.9 Å². The number of nitrogens with zero attached hydrogens (tertiary/aromatic N) is 1. The van der Waals surface area contributed by atoms with Gasteiger partial charge in [-0.2, -0.15) is 0 Å². The Morgan fingerprint density at radius 2 is 1.81 bits per heavy atom. The largest absolute Gasteiger partial charge is 0.483 e. The lowest BCUT2D eigenvalue weighted by Crippen LogP contribution is -2.28. The summed E-state index contributed by atoms with van der Waals surface area (Å²) in [5.74, 6) is -0.536. The normalized spacial score (nSPS) is 14.8. The minimum atomic E-state index is -3.84. The monoisotopic (exact) mass is 556 g/mol. The summed E-state index contributed by atoms with van der Waals surface area (Å²) in [6.07, 6.45) is 1.57. The number of sulfonamides is 1. The minimum Gasteiger partial charge on any atom is -0.483 e. The SMILES string of the molecule is Cc1ccc(N2C(=N)S/C(=C\c3cc(Cl)ccc3OCC(=O)Nc3ccc(S(N)(=O)=O)cc3)C2=O)cc1. The number of aryl methyl sites for hydroxylation is 1. The van der Waals surface area contributed by atoms with Gasteiger partial charge in [0, 0.05) is 16.3 Å². The standard InChI is InChI=1S/C25H21ClN4O5S2/c1-15-2-7-19(8-3-15)30-24(32)22(36-25(30)27)13-16-12-17(26)4-11-21(16)35-14-23(31)29-18-5-9-20(10-6-18)37(28,33)34/h2-13,27H,14H2,1H3,(H,29,31)(H2,28,33,34)/b22-13-,27-25?. The number of carbonyl (C=O) groups excluding carboxylic acids is 2. The molecule has 0 aromatic heterocycles. The summed E-state index contributed by atoms with van der Waals surface area (Å²) in [5, 5.41) is 16.4. The van der Waals surface area contributed by atoms with Gasteiger partial charge < -0.3 is 10.1 Å². The van der Waals surface area contributed by atoms with E-state index in [0.29, 0.717) is 32.6 Å². The van der Waals surface area contributed by atoms with Crippen molar-refractivity contribution in [3.05, 3.63) is 87.8 Å². The highest BCUT2D eigenvalue weighted by Gasteiger charge is 2.33. The number of carbonyl (C=O) groups is 2. The molecule has 3 aromatic carbocycles. The molecule has 190 valence electrons. The highest BCUT2D eigenvalue weighted by atomic mass is 35.5. The second kappa shape index (κ2) is 10.8. The molecule has 2 amide bonds. The smallest absolute Gasteiger partial charge is 0.271 e. The fourth-order valence-corrected chi connectivity index (χ4v) is 4.94. The average molecular weight is 557 g/mol. The Morgan fingerprint density at radius 1 is 1.14 bits per heavy atom. The summed E-state index contributed by atoms with van der Waals surface area (Å²) in [7, 11) is -3.84. The van der Waals surface area contributed by atoms with E-state index < -0.39 is 15.9 Å². The van der Waals surface area contributed by atoms with Crippen LogP contribution in [0.3, 0.4) is 0 Å². The van der Waals surface area contributed by atoms with Gasteiger partial charge in [-0.25, -0.2) is 13.6 Å². The van der Waals surface area contributed by atoms with E-state index in [2.05, 4.69) is 5.32 Å². The lowest BCUT2D eigenvalue weighted by atomic mass is 10.1. The Bertz CT molecular complexity index is 1520. The molecule has 4 N–H and O–H groups in total. The molecule has 0 atom stereocenters. The summed E-state index contributed by atoms with van der Waals surface area (Å²) in [4.78, 5) is 27.0. The molecule has 1 fully saturated rings. The highest BCUT2D eigenvalue weighted by molar-refractivity contribution is 8.19. The molecule has 0 saturated carbocycles. The van der Waals surface area contributed by atoms with Gasteiger partial charge in [0.05, 0.1) is 15.5 Å². The number of benzene rings is 3. The molecular weight excluding hydrogens is 536 g/mol. The van der Waals surface area contributed by atoms with E-state index in [1.807, 2.05) is 19.1 Å². The average Bonchev–Trinajstić information content (AvgIpc) is 3.11. The van der Waals surface area contributed by atoms with E-state index in [1.165, 1.54) is 29.2 Å². The van der Waals surface area contributed by atoms with Crippen molar-refractivity contribution in [3.63, 3.8) is 0 Å². The van der Waals surface area contributed by atoms with Crippen molar-refractivity contribution < 1.29 is 22.7 Å². The third-order valence-electron chi connectivity index (χ3n) is 5.20. The molecule has 0 radical (unpaired) electrons. The zero-order valence-corrected chi connectivity index (χ0v) is 21.8. The number of rotatable bonds is 7. The second-order valence-electron chi connectivity index (χ2n) is 7.98. The van der Waals surface area contributed by atoms with Crippen LogP contribution in [0.25, 0.3) is 6.08 Å². The lowest BCUT2D eigenvalue weighted by Gasteiger charge is -2.14. The molecule has 4 rings (SSSR count). The van der Waals surface area contributed by atoms with E-state index in [4.69, 9.17) is 26.9 Å². The molecular formula is C25H21ClN4O5S2. The number of nitrogens with two attached hydrogens (primary N) is 1. The summed E-state index contributed by atoms with van der Waals surface area (Å²) < 4.78 is 28.4. The van der Waals surface area contributed by atoms with E-state index in [-0.39, 0.29) is 22.6 Å². The zero-order valence-electron chi connectivity index (χ0n) is 19.4. The van der Waals surface area contributed by atoms with E-state index in [9.17, 15) is 18.0 Å². The van der Waals surface area contributed by atoms with Crippen LogP contribution in [0.4, 0.5) is 11.4 Å². The van der Waals surface area contributed by atoms with Gasteiger partial charge in [0.15, 0.2) is 11.8 Å². The van der Waals surface area contributed by atoms with Crippen LogP contribution >= 0.6 is 23.4 Å². The fourth-order valence-electron chi connectivity index (χ4n) is 3.39. The van der Waals surface area contributed by atoms with Crippen molar-refractivity contribution in [2.24, 2.45) is 5.14 Å². The van der Waals surface area contributed by atoms with Crippen molar-refractivity contribution in [3.8, 4) is 5.75 Å². The maximum atomic E-state index is 13.1. The number of primary sulfonamides is 1. The Balaban J connectivity index is 1.48. The first-order valence-electron chi connectivity index (χ1n) is 10.8. The zero-order chi connectivity index (χ0) is 26.7. The number of hydrogen-bond donors (Lipinski definition) is 3. The van der Waals surface area contributed by atoms with Crippen LogP contribution in [0, 0.1) is 12.3 Å². The topological polar surface area (TPSA) is 143 Å². The van der Waals surface area contributed by atoms with Crippen LogP contribution in [0.1, 0.15) is 11.1 Å². The van der Waals surface area contributed by atoms with E-state index in [0.717, 1.165) is 17.3 Å². The number of ether oxygens (including phenoxy) is 1. The molecule has 9 nitrogen and oxygen atoms in total. The van der Waals surface area contributed by atoms with Gasteiger partial charge in [-0.15, -0.1) is 0 Å². The molecule has 37 heavy (non-hydrogen) atoms. The minimum absolute atomic E-state index is 0.0671. The van der Waals surface area contributed by atoms with Gasteiger partial charge in [0.1, 0.15) is 5.75 Å². The predicted octanol–water partition coefficient (Wildman–Crippen LogP) is 4.37. The summed E-state index contributed by atoms with van der Waals surface area (Å²) >= 11 is 7.17. The van der Waals surface area contributed by atoms with Crippen molar-refractivity contribution in [1.82, 2.24) is 0 Å². The van der Waals surface area contributed by atoms with Crippen LogP contribution in [0.5, 0.6) is 5.75 Å². The number of anilines is 2. The van der Waals surface area contributed by atoms with Crippen LogP contribution in [-0.4, -0.2) is 32.0 Å². The predicted molar refractivity (Wildman–Crippen MR) is 145 cm³/mol. The second-order valence-corrected chi connectivity index (χ2v) is 11.0. The van der Waals surface area contributed by atoms with Gasteiger partial charge in [-0.05, 0) is 79.4 Å². The van der Waals surface area contributed by atoms with E-state index in [1.54, 1.807) is 36.4 Å². The molecule has 12 heteroatoms. The number of nitrogens with one attached hydrogen (secondary N) is 2. The van der Waals surface area contributed by atoms with E-state index >= 15 is 0 Å². The molecule has 0 aliphatic carbocycles. The molecule has 0 bridgehead atoms. The van der Waals surface area contributed by atoms with Crippen molar-refractivity contribution in [2.45, 2.75) is 11.8 Å². The van der Waals surface area contributed by atoms with Gasteiger partial charge >= 0.3 is 0 Å². The summed E-state index contributed by atoms with van der Waals surface area (Å²) in [6, 6.07) is 17.4. The van der Waals surface area contributed by atoms with Crippen molar-refractivity contribution in [2.75, 3.05) is 16.8 Å². The number of hydrogen-bond acceptors (Lipinski definition) is 7. The highest BCUT2D eigenvalue weighted by Crippen LogP contribution is 2.37. The number of amides is 2. The number of thioether (sulfide) groups is 1. The lowest BCUT2D eigenvalue weighted by molar-refractivity contribution is -0.118. The molecule has 3 aromatic rings. The van der Waals surface area contributed by atoms with Crippen molar-refractivity contribution in [1.29, 1.82) is 5.41 Å². The summed E-state index contributed by atoms with van der Waals surface area (Å²) in [5.41, 5.74) is 2.46. The molecule has 1 aliphatic heterocycles. The maximum absolute atomic E-state index is 13.1. The number of halogens is 1. The molecule has 1 aliphatic rings. The van der Waals surface area contributed by atoms with Crippen LogP contribution in [0.15, 0.2) is 76.5 Å². The Labute approximate surface area is 222 Å². The Hall–Kier alpha value is -3.64. The first-order chi connectivity index (χ1) is 17.5. The third kappa shape index (κ3) is 6.38. The van der Waals surface area contributed by atoms with Crippen LogP contribution < -0.4 is 20.1 Å². The Morgan fingerprint density at radius 3 is 2.46 bits per heavy atom. The number of amidine groups is 1. The first kappa shape index (κ1) is 26.4. The van der Waals surface area contributed by atoms with Crippen LogP contribution in [0.2, 0.25) is 5.02 Å². The molecule has 0 spiro atoms. The molecule has 1 saturated heterocycles. The molecule has 1 heterocycles. The van der Waals surface area contributed by atoms with Crippen LogP contribution in [-0.2, 0) is 19.6 Å². The van der Waals surface area contributed by atoms with Crippen molar-refractivity contribution >= 4 is 67.8 Å². The molecule has 0 unspecified atom stereocenters. The third-order valence-corrected chi connectivity index (χ3v) is 7.25. The van der Waals surface area contributed by atoms with Gasteiger partial charge in [0.2, 0.25) is 10.0 Å². The maximum Gasteiger partial charge on any atom is 0.271 e. The first-order valence-corrected chi connectivity index (χ1v) is 13.5. The van der Waals surface area contributed by atoms with Gasteiger partial charge in [-0.1, -0.05) is 29.3 Å². The fraction of sp³-hybridized carbons (Fsp3) is 0.0800. The quantitative estimate of drug-likeness (QED) is 0.369. The van der Waals surface area contributed by atoms with Gasteiger partial charge in [0.25, 0.3) is 11.8 Å². The Kier molecular flexibility index (Phi) is 7.69.